The molecule has 8 heteroatoms. The molecule has 1 unspecified atom stereocenters. The zero-order valence-electron chi connectivity index (χ0n) is 36.1. The lowest BCUT2D eigenvalue weighted by atomic mass is 10.0. The third kappa shape index (κ3) is 43.4. The molecule has 1 aliphatic carbocycles. The Morgan fingerprint density at radius 1 is 0.849 bits per heavy atom. The van der Waals surface area contributed by atoms with Crippen LogP contribution in [0.1, 0.15) is 135 Å². The highest BCUT2D eigenvalue weighted by atomic mass is 32.2. The standard InChI is InChI=1S/C14H21FN2.C11H14O.C6H12.C4H10N2.C3H8.C2H6S.C2H6.C2H4.CH2O/c1-5-16-11(4)8-12-6-7-14(13(15)9-12)17-10(2)3;1-3-5-10-6-4-7-11(8-10)9(2)12;1-2-4-6-5-3-1;1-2-6-4-3-5-1;2*1-3-2;3*1-2/h5-7,9-11,16-17H,1,8H2,2-4H3;4,6-8H,3,5H2,1-2H3;1-6H2;5-6H,1-4H2;3H2,1-2H3;1-2H3;1-2H3;1-2H2;1H2. The second-order valence-electron chi connectivity index (χ2n) is 12.3. The van der Waals surface area contributed by atoms with Crippen LogP contribution in [0, 0.1) is 5.82 Å². The Bertz CT molecular complexity index is 1010. The summed E-state index contributed by atoms with van der Waals surface area (Å²) in [5, 5.41) is 12.6. The average Bonchev–Trinajstić information content (AvgIpc) is 3.18. The molecule has 1 saturated heterocycles. The first-order chi connectivity index (χ1) is 25.6. The number of carbonyl (C=O) groups is 2. The van der Waals surface area contributed by atoms with Gasteiger partial charge in [0, 0.05) is 43.8 Å². The van der Waals surface area contributed by atoms with Crippen molar-refractivity contribution in [1.29, 1.82) is 0 Å². The van der Waals surface area contributed by atoms with Crippen LogP contribution in [-0.4, -0.2) is 63.3 Å². The van der Waals surface area contributed by atoms with E-state index in [0.717, 1.165) is 56.6 Å². The van der Waals surface area contributed by atoms with Crippen molar-refractivity contribution in [3.8, 4) is 0 Å². The third-order valence-electron chi connectivity index (χ3n) is 6.75. The Morgan fingerprint density at radius 2 is 1.30 bits per heavy atom. The molecule has 1 saturated carbocycles. The lowest BCUT2D eigenvalue weighted by Crippen LogP contribution is -2.39. The monoisotopic (exact) mass is 763 g/mol. The van der Waals surface area contributed by atoms with E-state index in [1.807, 2.05) is 78.2 Å². The SMILES string of the molecule is C1CCCCC1.C1CNCCN1.C=C.C=CNC(C)Cc1ccc(NC(C)C)c(F)c1.C=O.CC.CCC.CCCc1cccc(C(C)=O)c1.CSC. The van der Waals surface area contributed by atoms with E-state index in [4.69, 9.17) is 4.79 Å². The van der Waals surface area contributed by atoms with Crippen LogP contribution in [0.2, 0.25) is 0 Å². The van der Waals surface area contributed by atoms with Crippen molar-refractivity contribution >= 4 is 30.0 Å². The van der Waals surface area contributed by atoms with Gasteiger partial charge in [0.05, 0.1) is 5.69 Å². The molecule has 4 rings (SSSR count). The van der Waals surface area contributed by atoms with Gasteiger partial charge < -0.3 is 26.1 Å². The van der Waals surface area contributed by atoms with Crippen molar-refractivity contribution in [3.05, 3.63) is 90.9 Å². The molecule has 53 heavy (non-hydrogen) atoms. The van der Waals surface area contributed by atoms with Crippen LogP contribution in [0.4, 0.5) is 10.1 Å². The summed E-state index contributed by atoms with van der Waals surface area (Å²) in [5.41, 5.74) is 3.62. The molecule has 0 amide bonds. The van der Waals surface area contributed by atoms with E-state index in [-0.39, 0.29) is 23.7 Å². The van der Waals surface area contributed by atoms with Gasteiger partial charge in [-0.2, -0.15) is 11.8 Å². The van der Waals surface area contributed by atoms with Gasteiger partial charge in [-0.1, -0.05) is 117 Å². The first-order valence-corrected chi connectivity index (χ1v) is 21.3. The van der Waals surface area contributed by atoms with E-state index in [1.54, 1.807) is 37.0 Å². The molecule has 1 aliphatic heterocycles. The van der Waals surface area contributed by atoms with Gasteiger partial charge in [0.25, 0.3) is 0 Å². The fraction of sp³-hybridized carbons (Fsp3) is 0.600. The Morgan fingerprint density at radius 3 is 1.64 bits per heavy atom. The van der Waals surface area contributed by atoms with Crippen molar-refractivity contribution < 1.29 is 14.0 Å². The maximum atomic E-state index is 13.7. The van der Waals surface area contributed by atoms with E-state index in [9.17, 15) is 9.18 Å². The molecular formula is C45H83FN4O2S. The van der Waals surface area contributed by atoms with Crippen LogP contribution in [0.3, 0.4) is 0 Å². The molecule has 2 fully saturated rings. The fourth-order valence-electron chi connectivity index (χ4n) is 4.63. The highest BCUT2D eigenvalue weighted by Gasteiger charge is 2.07. The van der Waals surface area contributed by atoms with E-state index >= 15 is 0 Å². The van der Waals surface area contributed by atoms with Gasteiger partial charge in [-0.3, -0.25) is 4.79 Å². The number of benzene rings is 2. The smallest absolute Gasteiger partial charge is 0.159 e. The molecule has 0 aromatic heterocycles. The molecule has 6 nitrogen and oxygen atoms in total. The van der Waals surface area contributed by atoms with Gasteiger partial charge in [-0.15, -0.1) is 13.2 Å². The van der Waals surface area contributed by atoms with E-state index in [2.05, 4.69) is 67.8 Å². The molecular weight excluding hydrogens is 680 g/mol. The normalized spacial score (nSPS) is 12.5. The maximum absolute atomic E-state index is 13.7. The number of hydrogen-bond donors (Lipinski definition) is 4. The van der Waals surface area contributed by atoms with Gasteiger partial charge in [0.2, 0.25) is 0 Å². The summed E-state index contributed by atoms with van der Waals surface area (Å²) in [6.45, 7) is 34.2. The van der Waals surface area contributed by atoms with Crippen molar-refractivity contribution in [2.24, 2.45) is 0 Å². The summed E-state index contributed by atoms with van der Waals surface area (Å²) in [6, 6.07) is 13.7. The van der Waals surface area contributed by atoms with Crippen LogP contribution in [-0.2, 0) is 17.6 Å². The van der Waals surface area contributed by atoms with Crippen molar-refractivity contribution in [2.75, 3.05) is 44.0 Å². The number of nitrogens with one attached hydrogen (secondary N) is 4. The third-order valence-corrected chi connectivity index (χ3v) is 6.75. The van der Waals surface area contributed by atoms with Crippen molar-refractivity contribution in [1.82, 2.24) is 16.0 Å². The topological polar surface area (TPSA) is 82.3 Å². The molecule has 0 radical (unpaired) electrons. The zero-order valence-corrected chi connectivity index (χ0v) is 36.9. The first kappa shape index (κ1) is 59.3. The highest BCUT2D eigenvalue weighted by molar-refractivity contribution is 7.97. The van der Waals surface area contributed by atoms with Crippen LogP contribution < -0.4 is 21.3 Å². The summed E-state index contributed by atoms with van der Waals surface area (Å²) in [4.78, 5) is 19.0. The molecule has 2 aromatic carbocycles. The largest absolute Gasteiger partial charge is 0.389 e. The Labute approximate surface area is 332 Å². The number of aryl methyl sites for hydroxylation is 1. The molecule has 4 N–H and O–H groups in total. The van der Waals surface area contributed by atoms with Gasteiger partial charge in [0.15, 0.2) is 5.78 Å². The number of hydrogen-bond acceptors (Lipinski definition) is 7. The second kappa shape index (κ2) is 49.1. The van der Waals surface area contributed by atoms with Crippen LogP contribution in [0.5, 0.6) is 0 Å². The van der Waals surface area contributed by atoms with Crippen LogP contribution >= 0.6 is 11.8 Å². The summed E-state index contributed by atoms with van der Waals surface area (Å²) < 4.78 is 13.7. The number of ketones is 1. The number of halogens is 1. The molecule has 1 atom stereocenters. The Balaban J connectivity index is -0.000000185. The highest BCUT2D eigenvalue weighted by Crippen LogP contribution is 2.18. The minimum Gasteiger partial charge on any atom is -0.389 e. The summed E-state index contributed by atoms with van der Waals surface area (Å²) >= 11 is 1.75. The lowest BCUT2D eigenvalue weighted by molar-refractivity contribution is -0.0980. The molecule has 2 aliphatic rings. The predicted octanol–water partition coefficient (Wildman–Crippen LogP) is 11.7. The van der Waals surface area contributed by atoms with Gasteiger partial charge in [-0.05, 0) is 88.6 Å². The summed E-state index contributed by atoms with van der Waals surface area (Å²) in [6.07, 6.45) is 19.0. The number of anilines is 1. The van der Waals surface area contributed by atoms with Crippen LogP contribution in [0.25, 0.3) is 0 Å². The van der Waals surface area contributed by atoms with E-state index in [0.29, 0.717) is 5.69 Å². The predicted molar refractivity (Wildman–Crippen MR) is 241 cm³/mol. The summed E-state index contributed by atoms with van der Waals surface area (Å²) in [7, 11) is 0. The quantitative estimate of drug-likeness (QED) is 0.150. The lowest BCUT2D eigenvalue weighted by Gasteiger charge is -2.14. The number of Topliss-reactive ketones (excluding diaryl/α,β-unsaturated/α-hetero) is 1. The Hall–Kier alpha value is -2.94. The molecule has 0 spiro atoms. The fourth-order valence-corrected chi connectivity index (χ4v) is 4.63. The second-order valence-corrected chi connectivity index (χ2v) is 13.1. The molecule has 1 heterocycles. The maximum Gasteiger partial charge on any atom is 0.159 e. The molecule has 308 valence electrons. The average molecular weight is 763 g/mol. The molecule has 2 aromatic rings. The van der Waals surface area contributed by atoms with E-state index in [1.165, 1.54) is 50.5 Å². The minimum atomic E-state index is -0.193. The summed E-state index contributed by atoms with van der Waals surface area (Å²) in [5.74, 6) is -0.0463. The number of piperazine rings is 1. The van der Waals surface area contributed by atoms with Gasteiger partial charge >= 0.3 is 0 Å². The van der Waals surface area contributed by atoms with Crippen molar-refractivity contribution in [3.63, 3.8) is 0 Å². The van der Waals surface area contributed by atoms with Gasteiger partial charge in [-0.25, -0.2) is 4.39 Å². The molecule has 0 bridgehead atoms. The van der Waals surface area contributed by atoms with Gasteiger partial charge in [0.1, 0.15) is 12.6 Å². The number of carbonyl (C=O) groups excluding carboxylic acids is 2. The van der Waals surface area contributed by atoms with Crippen LogP contribution in [0.15, 0.2) is 68.4 Å². The van der Waals surface area contributed by atoms with Crippen molar-refractivity contribution in [2.45, 2.75) is 139 Å². The zero-order chi connectivity index (χ0) is 41.7. The Kier molecular flexibility index (Phi) is 54.9. The number of thioether (sulfide) groups is 1. The number of rotatable bonds is 9. The van der Waals surface area contributed by atoms with E-state index < -0.39 is 0 Å². The first-order valence-electron chi connectivity index (χ1n) is 19.7. The minimum absolute atomic E-state index is 0.146.